The van der Waals surface area contributed by atoms with Gasteiger partial charge in [-0.2, -0.15) is 5.10 Å². The molecule has 0 bridgehead atoms. The molecule has 0 fully saturated rings. The highest BCUT2D eigenvalue weighted by Gasteiger charge is 2.21. The van der Waals surface area contributed by atoms with E-state index in [1.165, 1.54) is 0 Å². The van der Waals surface area contributed by atoms with Gasteiger partial charge in [-0.3, -0.25) is 14.6 Å². The molecule has 0 aromatic carbocycles. The summed E-state index contributed by atoms with van der Waals surface area (Å²) in [4.78, 5) is 8.42. The van der Waals surface area contributed by atoms with Crippen LogP contribution in [0.4, 0.5) is 0 Å². The minimum atomic E-state index is -0.0970. The van der Waals surface area contributed by atoms with Gasteiger partial charge in [-0.15, -0.1) is 0 Å². The van der Waals surface area contributed by atoms with E-state index < -0.39 is 0 Å². The van der Waals surface area contributed by atoms with Gasteiger partial charge in [0.25, 0.3) is 0 Å². The van der Waals surface area contributed by atoms with Gasteiger partial charge in [-0.1, -0.05) is 18.5 Å². The molecule has 0 spiro atoms. The van der Waals surface area contributed by atoms with Gasteiger partial charge in [0.2, 0.25) is 0 Å². The van der Waals surface area contributed by atoms with Gasteiger partial charge in [-0.05, 0) is 13.5 Å². The minimum absolute atomic E-state index is 0.0970. The van der Waals surface area contributed by atoms with Gasteiger partial charge in [0, 0.05) is 18.9 Å². The van der Waals surface area contributed by atoms with E-state index in [-0.39, 0.29) is 6.04 Å². The number of halogens is 1. The summed E-state index contributed by atoms with van der Waals surface area (Å²) >= 11 is 6.23. The fraction of sp³-hybridized carbons (Fsp3) is 0.417. The third kappa shape index (κ3) is 2.52. The molecule has 0 amide bonds. The second kappa shape index (κ2) is 5.93. The van der Waals surface area contributed by atoms with Crippen LogP contribution in [-0.2, 0) is 6.54 Å². The van der Waals surface area contributed by atoms with Crippen LogP contribution in [0, 0.1) is 0 Å². The van der Waals surface area contributed by atoms with Crippen LogP contribution in [0.3, 0.4) is 0 Å². The number of nitrogens with zero attached hydrogens (tertiary/aromatic N) is 4. The molecule has 96 valence electrons. The van der Waals surface area contributed by atoms with Crippen LogP contribution in [-0.4, -0.2) is 26.8 Å². The molecular formula is C12H16ClN5. The molecule has 2 rings (SSSR count). The van der Waals surface area contributed by atoms with Crippen LogP contribution in [0.15, 0.2) is 24.8 Å². The topological polar surface area (TPSA) is 55.6 Å². The molecule has 0 aliphatic rings. The summed E-state index contributed by atoms with van der Waals surface area (Å²) in [5.74, 6) is 0. The molecule has 0 radical (unpaired) electrons. The van der Waals surface area contributed by atoms with Crippen LogP contribution in [0.5, 0.6) is 0 Å². The maximum absolute atomic E-state index is 6.23. The molecule has 1 N–H and O–H groups in total. The average molecular weight is 266 g/mol. The van der Waals surface area contributed by atoms with Gasteiger partial charge in [0.15, 0.2) is 0 Å². The number of aromatic nitrogens is 4. The van der Waals surface area contributed by atoms with Crippen molar-refractivity contribution in [2.75, 3.05) is 7.05 Å². The maximum Gasteiger partial charge on any atom is 0.0950 e. The Hall–Kier alpha value is -1.46. The number of hydrogen-bond donors (Lipinski definition) is 1. The fourth-order valence-corrected chi connectivity index (χ4v) is 2.18. The van der Waals surface area contributed by atoms with Crippen molar-refractivity contribution in [2.24, 2.45) is 0 Å². The molecule has 1 atom stereocenters. The van der Waals surface area contributed by atoms with Gasteiger partial charge in [-0.25, -0.2) is 0 Å². The van der Waals surface area contributed by atoms with Gasteiger partial charge in [0.1, 0.15) is 0 Å². The van der Waals surface area contributed by atoms with Gasteiger partial charge < -0.3 is 5.32 Å². The van der Waals surface area contributed by atoms with Gasteiger partial charge >= 0.3 is 0 Å². The first-order valence-corrected chi connectivity index (χ1v) is 6.30. The Kier molecular flexibility index (Phi) is 4.28. The molecule has 0 aliphatic carbocycles. The molecule has 2 heterocycles. The summed E-state index contributed by atoms with van der Waals surface area (Å²) in [7, 11) is 1.87. The lowest BCUT2D eigenvalue weighted by atomic mass is 10.1. The van der Waals surface area contributed by atoms with Crippen molar-refractivity contribution >= 4 is 11.6 Å². The number of aryl methyl sites for hydroxylation is 1. The van der Waals surface area contributed by atoms with E-state index in [9.17, 15) is 0 Å². The zero-order valence-electron chi connectivity index (χ0n) is 10.5. The SMILES string of the molecule is CCCn1ncc(Cl)c1C(NC)c1cnccn1. The second-order valence-corrected chi connectivity index (χ2v) is 4.36. The van der Waals surface area contributed by atoms with Crippen molar-refractivity contribution in [3.05, 3.63) is 41.2 Å². The predicted molar refractivity (Wildman–Crippen MR) is 70.5 cm³/mol. The van der Waals surface area contributed by atoms with Crippen molar-refractivity contribution in [2.45, 2.75) is 25.9 Å². The summed E-state index contributed by atoms with van der Waals surface area (Å²) in [5.41, 5.74) is 1.77. The molecule has 1 unspecified atom stereocenters. The molecule has 6 heteroatoms. The van der Waals surface area contributed by atoms with Crippen molar-refractivity contribution in [1.29, 1.82) is 0 Å². The number of hydrogen-bond acceptors (Lipinski definition) is 4. The van der Waals surface area contributed by atoms with Gasteiger partial charge in [0.05, 0.1) is 34.8 Å². The molecule has 5 nitrogen and oxygen atoms in total. The van der Waals surface area contributed by atoms with E-state index in [0.29, 0.717) is 5.02 Å². The van der Waals surface area contributed by atoms with Crippen molar-refractivity contribution < 1.29 is 0 Å². The van der Waals surface area contributed by atoms with E-state index >= 15 is 0 Å². The minimum Gasteiger partial charge on any atom is -0.307 e. The third-order valence-corrected chi connectivity index (χ3v) is 3.00. The first-order chi connectivity index (χ1) is 8.77. The molecular weight excluding hydrogens is 250 g/mol. The summed E-state index contributed by atoms with van der Waals surface area (Å²) in [6, 6.07) is -0.0970. The Labute approximate surface area is 111 Å². The molecule has 0 saturated carbocycles. The summed E-state index contributed by atoms with van der Waals surface area (Å²) in [6.07, 6.45) is 7.74. The molecule has 0 aliphatic heterocycles. The smallest absolute Gasteiger partial charge is 0.0950 e. The zero-order valence-corrected chi connectivity index (χ0v) is 11.2. The van der Waals surface area contributed by atoms with E-state index in [2.05, 4.69) is 27.3 Å². The molecule has 2 aromatic heterocycles. The van der Waals surface area contributed by atoms with E-state index in [1.807, 2.05) is 11.7 Å². The Bertz CT molecular complexity index is 496. The van der Waals surface area contributed by atoms with Crippen molar-refractivity contribution in [3.63, 3.8) is 0 Å². The fourth-order valence-electron chi connectivity index (χ4n) is 1.93. The number of nitrogens with one attached hydrogen (secondary N) is 1. The Morgan fingerprint density at radius 2 is 2.22 bits per heavy atom. The highest BCUT2D eigenvalue weighted by atomic mass is 35.5. The highest BCUT2D eigenvalue weighted by Crippen LogP contribution is 2.26. The monoisotopic (exact) mass is 265 g/mol. The van der Waals surface area contributed by atoms with Crippen LogP contribution >= 0.6 is 11.6 Å². The molecule has 2 aromatic rings. The second-order valence-electron chi connectivity index (χ2n) is 3.95. The van der Waals surface area contributed by atoms with Crippen molar-refractivity contribution in [1.82, 2.24) is 25.1 Å². The molecule has 0 saturated heterocycles. The lowest BCUT2D eigenvalue weighted by Crippen LogP contribution is -2.23. The molecule has 18 heavy (non-hydrogen) atoms. The quantitative estimate of drug-likeness (QED) is 0.899. The van der Waals surface area contributed by atoms with E-state index in [1.54, 1.807) is 24.8 Å². The van der Waals surface area contributed by atoms with Crippen LogP contribution in [0.25, 0.3) is 0 Å². The predicted octanol–water partition coefficient (Wildman–Crippen LogP) is 2.05. The third-order valence-electron chi connectivity index (χ3n) is 2.71. The first kappa shape index (κ1) is 13.0. The normalized spacial score (nSPS) is 12.6. The largest absolute Gasteiger partial charge is 0.307 e. The highest BCUT2D eigenvalue weighted by molar-refractivity contribution is 6.31. The first-order valence-electron chi connectivity index (χ1n) is 5.92. The standard InChI is InChI=1S/C12H16ClN5/c1-3-6-18-12(9(13)7-17-18)11(14-2)10-8-15-4-5-16-10/h4-5,7-8,11,14H,3,6H2,1-2H3. The maximum atomic E-state index is 6.23. The van der Waals surface area contributed by atoms with Crippen LogP contribution < -0.4 is 5.32 Å². The number of rotatable bonds is 5. The lowest BCUT2D eigenvalue weighted by Gasteiger charge is -2.17. The Morgan fingerprint density at radius 3 is 2.83 bits per heavy atom. The lowest BCUT2D eigenvalue weighted by molar-refractivity contribution is 0.529. The summed E-state index contributed by atoms with van der Waals surface area (Å²) in [6.45, 7) is 2.94. The summed E-state index contributed by atoms with van der Waals surface area (Å²) < 4.78 is 1.91. The van der Waals surface area contributed by atoms with Crippen LogP contribution in [0.1, 0.15) is 30.8 Å². The van der Waals surface area contributed by atoms with Crippen molar-refractivity contribution in [3.8, 4) is 0 Å². The summed E-state index contributed by atoms with van der Waals surface area (Å²) in [5, 5.41) is 8.16. The van der Waals surface area contributed by atoms with E-state index in [0.717, 1.165) is 24.4 Å². The average Bonchev–Trinajstić information content (AvgIpc) is 2.75. The van der Waals surface area contributed by atoms with Crippen LogP contribution in [0.2, 0.25) is 5.02 Å². The Balaban J connectivity index is 2.41. The Morgan fingerprint density at radius 1 is 1.39 bits per heavy atom. The van der Waals surface area contributed by atoms with E-state index in [4.69, 9.17) is 11.6 Å². The zero-order chi connectivity index (χ0) is 13.0.